The molecule has 1 atom stereocenters. The summed E-state index contributed by atoms with van der Waals surface area (Å²) in [6.45, 7) is 7.02. The highest BCUT2D eigenvalue weighted by molar-refractivity contribution is 5.56. The molecule has 1 unspecified atom stereocenters. The van der Waals surface area contributed by atoms with Crippen molar-refractivity contribution in [1.29, 1.82) is 0 Å². The second-order valence-electron chi connectivity index (χ2n) is 6.39. The zero-order valence-electron chi connectivity index (χ0n) is 13.1. The van der Waals surface area contributed by atoms with E-state index >= 15 is 0 Å². The van der Waals surface area contributed by atoms with Gasteiger partial charge in [-0.05, 0) is 24.0 Å². The first-order chi connectivity index (χ1) is 9.93. The van der Waals surface area contributed by atoms with E-state index in [1.165, 1.54) is 0 Å². The Bertz CT molecular complexity index is 587. The van der Waals surface area contributed by atoms with Crippen molar-refractivity contribution in [2.45, 2.75) is 33.1 Å². The predicted molar refractivity (Wildman–Crippen MR) is 82.2 cm³/mol. The SMILES string of the molecule is COc1cccc(-c2noc(C(CN)CC(C)(C)C)n2)c1. The van der Waals surface area contributed by atoms with Gasteiger partial charge in [0.2, 0.25) is 11.7 Å². The van der Waals surface area contributed by atoms with Gasteiger partial charge >= 0.3 is 0 Å². The lowest BCUT2D eigenvalue weighted by molar-refractivity contribution is 0.287. The van der Waals surface area contributed by atoms with Gasteiger partial charge in [0, 0.05) is 12.1 Å². The molecule has 0 amide bonds. The molecule has 0 fully saturated rings. The van der Waals surface area contributed by atoms with Crippen LogP contribution in [-0.4, -0.2) is 23.8 Å². The third-order valence-electron chi connectivity index (χ3n) is 3.26. The van der Waals surface area contributed by atoms with Crippen LogP contribution in [0.2, 0.25) is 0 Å². The average molecular weight is 289 g/mol. The molecule has 1 aromatic carbocycles. The summed E-state index contributed by atoms with van der Waals surface area (Å²) < 4.78 is 10.6. The predicted octanol–water partition coefficient (Wildman–Crippen LogP) is 3.22. The fourth-order valence-corrected chi connectivity index (χ4v) is 2.29. The smallest absolute Gasteiger partial charge is 0.231 e. The Balaban J connectivity index is 2.23. The molecule has 21 heavy (non-hydrogen) atoms. The van der Waals surface area contributed by atoms with Gasteiger partial charge in [0.05, 0.1) is 13.0 Å². The number of hydrogen-bond acceptors (Lipinski definition) is 5. The minimum atomic E-state index is 0.0804. The van der Waals surface area contributed by atoms with Crippen LogP contribution in [0.3, 0.4) is 0 Å². The van der Waals surface area contributed by atoms with Gasteiger partial charge in [-0.25, -0.2) is 0 Å². The van der Waals surface area contributed by atoms with Crippen LogP contribution in [-0.2, 0) is 0 Å². The van der Waals surface area contributed by atoms with Crippen LogP contribution >= 0.6 is 0 Å². The van der Waals surface area contributed by atoms with E-state index in [0.29, 0.717) is 18.3 Å². The third-order valence-corrected chi connectivity index (χ3v) is 3.26. The van der Waals surface area contributed by atoms with E-state index in [4.69, 9.17) is 15.0 Å². The largest absolute Gasteiger partial charge is 0.497 e. The highest BCUT2D eigenvalue weighted by atomic mass is 16.5. The van der Waals surface area contributed by atoms with Crippen LogP contribution in [0.5, 0.6) is 5.75 Å². The topological polar surface area (TPSA) is 74.2 Å². The second-order valence-corrected chi connectivity index (χ2v) is 6.39. The van der Waals surface area contributed by atoms with Crippen molar-refractivity contribution in [2.75, 3.05) is 13.7 Å². The molecule has 2 aromatic rings. The standard InChI is InChI=1S/C16H23N3O2/c1-16(2,3)9-12(10-17)15-18-14(19-21-15)11-6-5-7-13(8-11)20-4/h5-8,12H,9-10,17H2,1-4H3. The molecule has 2 rings (SSSR count). The van der Waals surface area contributed by atoms with Crippen molar-refractivity contribution in [1.82, 2.24) is 10.1 Å². The van der Waals surface area contributed by atoms with E-state index in [1.807, 2.05) is 24.3 Å². The van der Waals surface area contributed by atoms with Crippen LogP contribution < -0.4 is 10.5 Å². The zero-order valence-corrected chi connectivity index (χ0v) is 13.1. The highest BCUT2D eigenvalue weighted by Crippen LogP contribution is 2.31. The Hall–Kier alpha value is -1.88. The average Bonchev–Trinajstić information content (AvgIpc) is 2.93. The van der Waals surface area contributed by atoms with Gasteiger partial charge in [0.15, 0.2) is 0 Å². The fraction of sp³-hybridized carbons (Fsp3) is 0.500. The van der Waals surface area contributed by atoms with Crippen molar-refractivity contribution in [3.05, 3.63) is 30.2 Å². The van der Waals surface area contributed by atoms with Crippen molar-refractivity contribution < 1.29 is 9.26 Å². The maximum atomic E-state index is 5.86. The molecular weight excluding hydrogens is 266 g/mol. The first kappa shape index (κ1) is 15.5. The number of aromatic nitrogens is 2. The van der Waals surface area contributed by atoms with Gasteiger partial charge in [-0.15, -0.1) is 0 Å². The summed E-state index contributed by atoms with van der Waals surface area (Å²) in [6.07, 6.45) is 0.906. The molecule has 0 aliphatic carbocycles. The first-order valence-electron chi connectivity index (χ1n) is 7.11. The van der Waals surface area contributed by atoms with E-state index in [9.17, 15) is 0 Å². The van der Waals surface area contributed by atoms with Crippen LogP contribution in [0.1, 0.15) is 39.0 Å². The molecule has 5 heteroatoms. The molecule has 0 radical (unpaired) electrons. The normalized spacial score (nSPS) is 13.2. The van der Waals surface area contributed by atoms with E-state index in [-0.39, 0.29) is 11.3 Å². The summed E-state index contributed by atoms with van der Waals surface area (Å²) in [6, 6.07) is 7.60. The molecule has 1 aromatic heterocycles. The lowest BCUT2D eigenvalue weighted by Crippen LogP contribution is -2.19. The Morgan fingerprint density at radius 1 is 1.33 bits per heavy atom. The monoisotopic (exact) mass is 289 g/mol. The number of nitrogens with two attached hydrogens (primary N) is 1. The van der Waals surface area contributed by atoms with Gasteiger partial charge in [-0.1, -0.05) is 38.1 Å². The Labute approximate surface area is 125 Å². The molecule has 114 valence electrons. The van der Waals surface area contributed by atoms with Gasteiger partial charge in [0.25, 0.3) is 0 Å². The molecule has 2 N–H and O–H groups in total. The number of methoxy groups -OCH3 is 1. The van der Waals surface area contributed by atoms with E-state index < -0.39 is 0 Å². The summed E-state index contributed by atoms with van der Waals surface area (Å²) in [5, 5.41) is 4.06. The maximum Gasteiger partial charge on any atom is 0.231 e. The summed E-state index contributed by atoms with van der Waals surface area (Å²) in [5.74, 6) is 2.02. The molecule has 1 heterocycles. The quantitative estimate of drug-likeness (QED) is 0.914. The number of ether oxygens (including phenoxy) is 1. The van der Waals surface area contributed by atoms with Crippen molar-refractivity contribution in [3.63, 3.8) is 0 Å². The number of hydrogen-bond donors (Lipinski definition) is 1. The zero-order chi connectivity index (χ0) is 15.5. The maximum absolute atomic E-state index is 5.86. The number of benzene rings is 1. The van der Waals surface area contributed by atoms with Gasteiger partial charge in [-0.3, -0.25) is 0 Å². The van der Waals surface area contributed by atoms with Crippen molar-refractivity contribution >= 4 is 0 Å². The highest BCUT2D eigenvalue weighted by Gasteiger charge is 2.24. The van der Waals surface area contributed by atoms with E-state index in [0.717, 1.165) is 17.7 Å². The molecule has 0 aliphatic rings. The molecule has 0 aliphatic heterocycles. The first-order valence-corrected chi connectivity index (χ1v) is 7.11. The number of rotatable bonds is 5. The Morgan fingerprint density at radius 2 is 2.10 bits per heavy atom. The molecular formula is C16H23N3O2. The molecule has 0 spiro atoms. The van der Waals surface area contributed by atoms with Crippen molar-refractivity contribution in [2.24, 2.45) is 11.1 Å². The minimum Gasteiger partial charge on any atom is -0.497 e. The minimum absolute atomic E-state index is 0.0804. The van der Waals surface area contributed by atoms with Gasteiger partial charge < -0.3 is 15.0 Å². The summed E-state index contributed by atoms with van der Waals surface area (Å²) in [4.78, 5) is 4.50. The van der Waals surface area contributed by atoms with Crippen LogP contribution in [0.15, 0.2) is 28.8 Å². The van der Waals surface area contributed by atoms with E-state index in [1.54, 1.807) is 7.11 Å². The summed E-state index contributed by atoms with van der Waals surface area (Å²) in [7, 11) is 1.63. The molecule has 0 saturated carbocycles. The van der Waals surface area contributed by atoms with Gasteiger partial charge in [0.1, 0.15) is 5.75 Å². The summed E-state index contributed by atoms with van der Waals surface area (Å²) in [5.41, 5.74) is 6.89. The lowest BCUT2D eigenvalue weighted by Gasteiger charge is -2.22. The molecule has 5 nitrogen and oxygen atoms in total. The Morgan fingerprint density at radius 3 is 2.71 bits per heavy atom. The van der Waals surface area contributed by atoms with E-state index in [2.05, 4.69) is 30.9 Å². The lowest BCUT2D eigenvalue weighted by atomic mass is 9.84. The molecule has 0 saturated heterocycles. The van der Waals surface area contributed by atoms with Crippen LogP contribution in [0.25, 0.3) is 11.4 Å². The van der Waals surface area contributed by atoms with Crippen LogP contribution in [0, 0.1) is 5.41 Å². The van der Waals surface area contributed by atoms with Gasteiger partial charge in [-0.2, -0.15) is 4.98 Å². The van der Waals surface area contributed by atoms with Crippen LogP contribution in [0.4, 0.5) is 0 Å². The molecule has 0 bridgehead atoms. The second kappa shape index (κ2) is 6.26. The number of nitrogens with zero attached hydrogens (tertiary/aromatic N) is 2. The third kappa shape index (κ3) is 4.04. The van der Waals surface area contributed by atoms with Crippen molar-refractivity contribution in [3.8, 4) is 17.1 Å². The Kier molecular flexibility index (Phi) is 4.63. The fourth-order valence-electron chi connectivity index (χ4n) is 2.29. The summed E-state index contributed by atoms with van der Waals surface area (Å²) >= 11 is 0.